The number of hydrogen-bond donors (Lipinski definition) is 1. The van der Waals surface area contributed by atoms with Crippen molar-refractivity contribution in [3.05, 3.63) is 0 Å². The second-order valence-corrected chi connectivity index (χ2v) is 5.58. The topological polar surface area (TPSA) is 29.5 Å². The smallest absolute Gasteiger partial charge is 0.152 e. The average Bonchev–Trinajstić information content (AvgIpc) is 2.44. The summed E-state index contributed by atoms with van der Waals surface area (Å²) in [7, 11) is 0. The first kappa shape index (κ1) is 8.25. The maximum Gasteiger partial charge on any atom is 0.152 e. The maximum absolute atomic E-state index is 9.23. The average molecular weight is 182 g/mol. The molecule has 0 heterocycles. The van der Waals surface area contributed by atoms with E-state index in [2.05, 4.69) is 13.8 Å². The van der Waals surface area contributed by atoms with Crippen molar-refractivity contribution >= 4 is 0 Å². The molecule has 0 radical (unpaired) electrons. The number of aliphatic hydroxyl groups excluding tert-OH is 1. The zero-order chi connectivity index (χ0) is 9.43. The van der Waals surface area contributed by atoms with E-state index in [4.69, 9.17) is 4.74 Å². The van der Waals surface area contributed by atoms with Crippen molar-refractivity contribution in [3.63, 3.8) is 0 Å². The summed E-state index contributed by atoms with van der Waals surface area (Å²) in [5.41, 5.74) is 0.950. The lowest BCUT2D eigenvalue weighted by atomic mass is 9.59. The highest BCUT2D eigenvalue weighted by molar-refractivity contribution is 5.32. The second kappa shape index (κ2) is 1.96. The minimum absolute atomic E-state index is 0.312. The van der Waals surface area contributed by atoms with E-state index < -0.39 is 6.29 Å². The fraction of sp³-hybridized carbons (Fsp3) is 1.00. The first-order valence-corrected chi connectivity index (χ1v) is 5.33. The zero-order valence-electron chi connectivity index (χ0n) is 8.58. The summed E-state index contributed by atoms with van der Waals surface area (Å²) in [6.45, 7) is 6.45. The Balaban J connectivity index is 1.80. The lowest BCUT2D eigenvalue weighted by molar-refractivity contribution is -0.186. The molecule has 0 bridgehead atoms. The minimum Gasteiger partial charge on any atom is -0.368 e. The van der Waals surface area contributed by atoms with E-state index in [1.54, 1.807) is 6.92 Å². The molecule has 3 aliphatic carbocycles. The molecular formula is C11H18O2. The Morgan fingerprint density at radius 1 is 1.38 bits per heavy atom. The van der Waals surface area contributed by atoms with Gasteiger partial charge in [-0.25, -0.2) is 0 Å². The molecule has 0 spiro atoms. The van der Waals surface area contributed by atoms with E-state index in [-0.39, 0.29) is 0 Å². The molecule has 6 atom stereocenters. The van der Waals surface area contributed by atoms with E-state index in [1.165, 1.54) is 12.8 Å². The van der Waals surface area contributed by atoms with Crippen molar-refractivity contribution in [2.75, 3.05) is 0 Å². The van der Waals surface area contributed by atoms with Crippen molar-refractivity contribution in [2.24, 2.45) is 22.7 Å². The largest absolute Gasteiger partial charge is 0.368 e. The summed E-state index contributed by atoms with van der Waals surface area (Å²) in [5, 5.41) is 9.23. The highest BCUT2D eigenvalue weighted by Gasteiger charge is 2.84. The molecule has 3 fully saturated rings. The van der Waals surface area contributed by atoms with Crippen molar-refractivity contribution in [2.45, 2.75) is 46.0 Å². The Hall–Kier alpha value is -0.0800. The molecule has 1 N–H and O–H groups in total. The van der Waals surface area contributed by atoms with E-state index in [0.717, 1.165) is 11.8 Å². The summed E-state index contributed by atoms with van der Waals surface area (Å²) in [5.74, 6) is 1.90. The first-order valence-electron chi connectivity index (χ1n) is 5.33. The van der Waals surface area contributed by atoms with Gasteiger partial charge in [0.15, 0.2) is 6.29 Å². The van der Waals surface area contributed by atoms with Crippen LogP contribution in [0.4, 0.5) is 0 Å². The molecule has 0 aromatic carbocycles. The third kappa shape index (κ3) is 0.668. The molecule has 2 heteroatoms. The molecule has 0 aromatic heterocycles. The van der Waals surface area contributed by atoms with E-state index in [0.29, 0.717) is 16.9 Å². The predicted octanol–water partition coefficient (Wildman–Crippen LogP) is 1.78. The third-order valence-electron chi connectivity index (χ3n) is 5.33. The van der Waals surface area contributed by atoms with Crippen molar-refractivity contribution < 1.29 is 9.84 Å². The van der Waals surface area contributed by atoms with Gasteiger partial charge in [0.2, 0.25) is 0 Å². The molecule has 0 saturated heterocycles. The Morgan fingerprint density at radius 2 is 2.08 bits per heavy atom. The summed E-state index contributed by atoms with van der Waals surface area (Å²) in [6.07, 6.45) is 2.23. The molecule has 3 aliphatic rings. The lowest BCUT2D eigenvalue weighted by Crippen LogP contribution is -2.47. The molecule has 0 amide bonds. The van der Waals surface area contributed by atoms with Crippen LogP contribution >= 0.6 is 0 Å². The highest BCUT2D eigenvalue weighted by Crippen LogP contribution is 2.87. The van der Waals surface area contributed by atoms with Gasteiger partial charge in [0.05, 0.1) is 6.10 Å². The molecule has 2 nitrogen and oxygen atoms in total. The van der Waals surface area contributed by atoms with E-state index in [9.17, 15) is 5.11 Å². The zero-order valence-corrected chi connectivity index (χ0v) is 8.58. The third-order valence-corrected chi connectivity index (χ3v) is 5.33. The number of hydrogen-bond acceptors (Lipinski definition) is 2. The molecule has 0 aliphatic heterocycles. The Morgan fingerprint density at radius 3 is 2.46 bits per heavy atom. The quantitative estimate of drug-likeness (QED) is 0.660. The SMILES string of the molecule is CC(O)OC1CC2C3CC1(C)C23C. The van der Waals surface area contributed by atoms with E-state index >= 15 is 0 Å². The normalized spacial score (nSPS) is 64.2. The summed E-state index contributed by atoms with van der Waals surface area (Å²) < 4.78 is 5.59. The van der Waals surface area contributed by atoms with Crippen LogP contribution in [0.1, 0.15) is 33.6 Å². The van der Waals surface area contributed by atoms with Gasteiger partial charge < -0.3 is 9.84 Å². The number of ether oxygens (including phenoxy) is 1. The highest BCUT2D eigenvalue weighted by atomic mass is 16.6. The fourth-order valence-electron chi connectivity index (χ4n) is 4.27. The van der Waals surface area contributed by atoms with Gasteiger partial charge in [-0.15, -0.1) is 0 Å². The minimum atomic E-state index is -0.595. The van der Waals surface area contributed by atoms with Crippen LogP contribution < -0.4 is 0 Å². The first-order chi connectivity index (χ1) is 6.00. The van der Waals surface area contributed by atoms with Crippen LogP contribution in [0.5, 0.6) is 0 Å². The van der Waals surface area contributed by atoms with Gasteiger partial charge in [-0.2, -0.15) is 0 Å². The summed E-state index contributed by atoms with van der Waals surface area (Å²) in [6, 6.07) is 0. The Bertz CT molecular complexity index is 261. The van der Waals surface area contributed by atoms with Gasteiger partial charge in [0, 0.05) is 5.41 Å². The molecule has 0 aromatic rings. The molecule has 74 valence electrons. The summed E-state index contributed by atoms with van der Waals surface area (Å²) >= 11 is 0. The molecule has 3 rings (SSSR count). The van der Waals surface area contributed by atoms with Crippen molar-refractivity contribution in [1.29, 1.82) is 0 Å². The molecule has 3 saturated carbocycles. The van der Waals surface area contributed by atoms with Crippen molar-refractivity contribution in [3.8, 4) is 0 Å². The van der Waals surface area contributed by atoms with Crippen LogP contribution in [0.25, 0.3) is 0 Å². The van der Waals surface area contributed by atoms with Crippen LogP contribution in [-0.4, -0.2) is 17.5 Å². The van der Waals surface area contributed by atoms with Crippen LogP contribution in [0, 0.1) is 22.7 Å². The molecule has 13 heavy (non-hydrogen) atoms. The van der Waals surface area contributed by atoms with Crippen LogP contribution in [0.3, 0.4) is 0 Å². The molecular weight excluding hydrogens is 164 g/mol. The monoisotopic (exact) mass is 182 g/mol. The van der Waals surface area contributed by atoms with Gasteiger partial charge >= 0.3 is 0 Å². The second-order valence-electron chi connectivity index (χ2n) is 5.58. The van der Waals surface area contributed by atoms with Gasteiger partial charge in [0.1, 0.15) is 0 Å². The fourth-order valence-corrected chi connectivity index (χ4v) is 4.27. The van der Waals surface area contributed by atoms with Gasteiger partial charge in [-0.3, -0.25) is 0 Å². The Labute approximate surface area is 79.3 Å². The standard InChI is InChI=1S/C11H18O2/c1-6(12)13-9-4-7-8-5-10(9,2)11(7,8)3/h6-9,12H,4-5H2,1-3H3. The number of fused-ring (bicyclic) bond motifs is 1. The van der Waals surface area contributed by atoms with Gasteiger partial charge in [0.25, 0.3) is 0 Å². The Kier molecular flexibility index (Phi) is 1.24. The van der Waals surface area contributed by atoms with Crippen LogP contribution in [-0.2, 0) is 4.74 Å². The molecule has 6 unspecified atom stereocenters. The number of aliphatic hydroxyl groups is 1. The number of rotatable bonds is 2. The van der Waals surface area contributed by atoms with Gasteiger partial charge in [-0.05, 0) is 37.0 Å². The maximum atomic E-state index is 9.23. The summed E-state index contributed by atoms with van der Waals surface area (Å²) in [4.78, 5) is 0. The van der Waals surface area contributed by atoms with Crippen LogP contribution in [0.15, 0.2) is 0 Å². The lowest BCUT2D eigenvalue weighted by Gasteiger charge is -2.49. The predicted molar refractivity (Wildman–Crippen MR) is 49.0 cm³/mol. The van der Waals surface area contributed by atoms with E-state index in [1.807, 2.05) is 0 Å². The van der Waals surface area contributed by atoms with Gasteiger partial charge in [-0.1, -0.05) is 13.8 Å². The van der Waals surface area contributed by atoms with Crippen LogP contribution in [0.2, 0.25) is 0 Å². The van der Waals surface area contributed by atoms with Crippen molar-refractivity contribution in [1.82, 2.24) is 0 Å².